The second-order valence-corrected chi connectivity index (χ2v) is 6.80. The van der Waals surface area contributed by atoms with Gasteiger partial charge in [-0.2, -0.15) is 0 Å². The monoisotopic (exact) mass is 340 g/mol. The molecule has 0 bridgehead atoms. The number of hydrogen-bond donors (Lipinski definition) is 1. The largest absolute Gasteiger partial charge is 0.364 e. The molecule has 0 unspecified atom stereocenters. The van der Waals surface area contributed by atoms with Gasteiger partial charge in [0.05, 0.1) is 11.9 Å². The van der Waals surface area contributed by atoms with Crippen LogP contribution in [0.1, 0.15) is 41.6 Å². The molecule has 0 aliphatic carbocycles. The number of nitrogens with zero attached hydrogens (tertiary/aromatic N) is 1. The number of amidine groups is 1. The topological polar surface area (TPSA) is 24.4 Å². The Labute approximate surface area is 155 Å². The van der Waals surface area contributed by atoms with Crippen LogP contribution in [0.25, 0.3) is 0 Å². The van der Waals surface area contributed by atoms with Gasteiger partial charge in [0, 0.05) is 6.42 Å². The van der Waals surface area contributed by atoms with Crippen LogP contribution < -0.4 is 5.32 Å². The van der Waals surface area contributed by atoms with E-state index in [9.17, 15) is 0 Å². The van der Waals surface area contributed by atoms with Crippen LogP contribution in [0, 0.1) is 0 Å². The van der Waals surface area contributed by atoms with E-state index in [1.165, 1.54) is 16.7 Å². The summed E-state index contributed by atoms with van der Waals surface area (Å²) in [5, 5.41) is 3.69. The van der Waals surface area contributed by atoms with Crippen molar-refractivity contribution >= 4 is 5.84 Å². The molecule has 1 aliphatic heterocycles. The molecule has 26 heavy (non-hydrogen) atoms. The molecule has 0 saturated heterocycles. The van der Waals surface area contributed by atoms with Crippen molar-refractivity contribution < 1.29 is 0 Å². The fraction of sp³-hybridized carbons (Fsp3) is 0.208. The number of nitrogens with one attached hydrogen (secondary N) is 1. The highest BCUT2D eigenvalue weighted by Crippen LogP contribution is 2.36. The minimum absolute atomic E-state index is 0.144. The summed E-state index contributed by atoms with van der Waals surface area (Å²) < 4.78 is 0. The average Bonchev–Trinajstić information content (AvgIpc) is 3.14. The molecule has 0 amide bonds. The third-order valence-electron chi connectivity index (χ3n) is 4.95. The van der Waals surface area contributed by atoms with Gasteiger partial charge < -0.3 is 5.32 Å². The molecular weight excluding hydrogens is 316 g/mol. The van der Waals surface area contributed by atoms with E-state index < -0.39 is 0 Å². The van der Waals surface area contributed by atoms with Gasteiger partial charge in [-0.05, 0) is 29.5 Å². The number of aryl methyl sites for hydroxylation is 1. The van der Waals surface area contributed by atoms with Crippen molar-refractivity contribution in [2.75, 3.05) is 0 Å². The summed E-state index contributed by atoms with van der Waals surface area (Å²) in [4.78, 5) is 5.05. The van der Waals surface area contributed by atoms with Crippen LogP contribution in [0.2, 0.25) is 0 Å². The molecule has 3 aromatic carbocycles. The quantitative estimate of drug-likeness (QED) is 0.630. The second-order valence-electron chi connectivity index (χ2n) is 6.80. The highest BCUT2D eigenvalue weighted by atomic mass is 15.1. The van der Waals surface area contributed by atoms with E-state index in [1.807, 2.05) is 0 Å². The van der Waals surface area contributed by atoms with Crippen LogP contribution in [0.3, 0.4) is 0 Å². The first-order valence-electron chi connectivity index (χ1n) is 9.37. The Balaban J connectivity index is 1.49. The highest BCUT2D eigenvalue weighted by molar-refractivity contribution is 5.85. The molecular formula is C24H24N2. The molecule has 0 fully saturated rings. The van der Waals surface area contributed by atoms with Gasteiger partial charge in [0.15, 0.2) is 0 Å². The van der Waals surface area contributed by atoms with Gasteiger partial charge in [0.2, 0.25) is 0 Å². The molecule has 130 valence electrons. The molecule has 0 aromatic heterocycles. The van der Waals surface area contributed by atoms with E-state index in [0.717, 1.165) is 25.1 Å². The van der Waals surface area contributed by atoms with Gasteiger partial charge in [-0.1, -0.05) is 91.0 Å². The van der Waals surface area contributed by atoms with E-state index in [1.54, 1.807) is 0 Å². The SMILES string of the molecule is c1ccc(CCCC2=N[C@@H](c3ccccc3)[C@@H](c3ccccc3)N2)cc1. The fourth-order valence-electron chi connectivity index (χ4n) is 3.62. The zero-order chi connectivity index (χ0) is 17.6. The number of benzene rings is 3. The second kappa shape index (κ2) is 8.01. The molecule has 0 radical (unpaired) electrons. The molecule has 2 heteroatoms. The zero-order valence-electron chi connectivity index (χ0n) is 14.9. The van der Waals surface area contributed by atoms with E-state index in [-0.39, 0.29) is 12.1 Å². The Bertz CT molecular complexity index is 841. The third-order valence-corrected chi connectivity index (χ3v) is 4.95. The third kappa shape index (κ3) is 3.85. The lowest BCUT2D eigenvalue weighted by molar-refractivity contribution is 0.571. The first-order chi connectivity index (χ1) is 12.9. The minimum Gasteiger partial charge on any atom is -0.364 e. The van der Waals surface area contributed by atoms with Crippen molar-refractivity contribution in [1.29, 1.82) is 0 Å². The maximum atomic E-state index is 5.05. The molecule has 1 N–H and O–H groups in total. The summed E-state index contributed by atoms with van der Waals surface area (Å²) in [6, 6.07) is 32.3. The van der Waals surface area contributed by atoms with Crippen molar-refractivity contribution in [2.24, 2.45) is 4.99 Å². The van der Waals surface area contributed by atoms with Crippen LogP contribution in [-0.4, -0.2) is 5.84 Å². The van der Waals surface area contributed by atoms with Gasteiger partial charge in [0.1, 0.15) is 6.04 Å². The molecule has 2 nitrogen and oxygen atoms in total. The molecule has 4 rings (SSSR count). The standard InChI is InChI=1S/C24H24N2/c1-4-11-19(12-5-1)13-10-18-22-25-23(20-14-6-2-7-15-20)24(26-22)21-16-8-3-9-17-21/h1-9,11-12,14-17,23-24H,10,13,18H2,(H,25,26)/t23-,24+. The Kier molecular flexibility index (Phi) is 5.11. The predicted molar refractivity (Wildman–Crippen MR) is 108 cm³/mol. The molecule has 3 aromatic rings. The summed E-state index contributed by atoms with van der Waals surface area (Å²) in [6.07, 6.45) is 3.19. The van der Waals surface area contributed by atoms with Gasteiger partial charge in [-0.25, -0.2) is 0 Å². The Morgan fingerprint density at radius 1 is 0.654 bits per heavy atom. The van der Waals surface area contributed by atoms with Crippen molar-refractivity contribution in [3.8, 4) is 0 Å². The Morgan fingerprint density at radius 3 is 1.88 bits per heavy atom. The first-order valence-corrected chi connectivity index (χ1v) is 9.37. The van der Waals surface area contributed by atoms with Crippen molar-refractivity contribution in [1.82, 2.24) is 5.32 Å². The highest BCUT2D eigenvalue weighted by Gasteiger charge is 2.30. The summed E-state index contributed by atoms with van der Waals surface area (Å²) in [6.45, 7) is 0. The van der Waals surface area contributed by atoms with Crippen LogP contribution >= 0.6 is 0 Å². The molecule has 0 spiro atoms. The number of aliphatic imine (C=N–C) groups is 1. The number of hydrogen-bond acceptors (Lipinski definition) is 2. The van der Waals surface area contributed by atoms with Crippen LogP contribution in [-0.2, 0) is 6.42 Å². The Morgan fingerprint density at radius 2 is 1.23 bits per heavy atom. The fourth-order valence-corrected chi connectivity index (χ4v) is 3.62. The lowest BCUT2D eigenvalue weighted by atomic mass is 9.95. The minimum atomic E-state index is 0.144. The summed E-state index contributed by atoms with van der Waals surface area (Å²) in [7, 11) is 0. The normalized spacial score (nSPS) is 19.0. The van der Waals surface area contributed by atoms with E-state index in [4.69, 9.17) is 4.99 Å². The van der Waals surface area contributed by atoms with Gasteiger partial charge in [0.25, 0.3) is 0 Å². The molecule has 0 saturated carbocycles. The zero-order valence-corrected chi connectivity index (χ0v) is 14.9. The summed E-state index contributed by atoms with van der Waals surface area (Å²) in [5.74, 6) is 1.13. The van der Waals surface area contributed by atoms with E-state index in [2.05, 4.69) is 96.3 Å². The summed E-state index contributed by atoms with van der Waals surface area (Å²) >= 11 is 0. The summed E-state index contributed by atoms with van der Waals surface area (Å²) in [5.41, 5.74) is 3.96. The van der Waals surface area contributed by atoms with Gasteiger partial charge >= 0.3 is 0 Å². The maximum Gasteiger partial charge on any atom is 0.101 e. The van der Waals surface area contributed by atoms with Crippen molar-refractivity contribution in [3.63, 3.8) is 0 Å². The van der Waals surface area contributed by atoms with E-state index in [0.29, 0.717) is 0 Å². The predicted octanol–water partition coefficient (Wildman–Crippen LogP) is 5.49. The Hall–Kier alpha value is -2.87. The van der Waals surface area contributed by atoms with Crippen LogP contribution in [0.5, 0.6) is 0 Å². The van der Waals surface area contributed by atoms with Crippen LogP contribution in [0.4, 0.5) is 0 Å². The maximum absolute atomic E-state index is 5.05. The number of rotatable bonds is 6. The molecule has 2 atom stereocenters. The smallest absolute Gasteiger partial charge is 0.101 e. The lowest BCUT2D eigenvalue weighted by Gasteiger charge is -2.19. The molecule has 1 aliphatic rings. The van der Waals surface area contributed by atoms with Crippen molar-refractivity contribution in [3.05, 3.63) is 108 Å². The molecule has 1 heterocycles. The van der Waals surface area contributed by atoms with Crippen molar-refractivity contribution in [2.45, 2.75) is 31.3 Å². The lowest BCUT2D eigenvalue weighted by Crippen LogP contribution is -2.24. The van der Waals surface area contributed by atoms with Gasteiger partial charge in [-0.15, -0.1) is 0 Å². The average molecular weight is 340 g/mol. The van der Waals surface area contributed by atoms with Crippen LogP contribution in [0.15, 0.2) is 96.0 Å². The first kappa shape index (κ1) is 16.6. The van der Waals surface area contributed by atoms with E-state index >= 15 is 0 Å². The van der Waals surface area contributed by atoms with Gasteiger partial charge in [-0.3, -0.25) is 4.99 Å².